The highest BCUT2D eigenvalue weighted by Gasteiger charge is 2.19. The monoisotopic (exact) mass is 193 g/mol. The van der Waals surface area contributed by atoms with Crippen LogP contribution in [0.3, 0.4) is 0 Å². The van der Waals surface area contributed by atoms with Gasteiger partial charge in [-0.25, -0.2) is 0 Å². The lowest BCUT2D eigenvalue weighted by Gasteiger charge is -2.25. The van der Waals surface area contributed by atoms with Crippen molar-refractivity contribution < 1.29 is 0 Å². The van der Waals surface area contributed by atoms with Gasteiger partial charge in [-0.3, -0.25) is 10.3 Å². The number of nitriles is 1. The molecule has 1 rings (SSSR count). The summed E-state index contributed by atoms with van der Waals surface area (Å²) in [5.74, 6) is 1.46. The lowest BCUT2D eigenvalue weighted by molar-refractivity contribution is 0.317. The zero-order valence-corrected chi connectivity index (χ0v) is 9.08. The molecule has 0 aromatic carbocycles. The van der Waals surface area contributed by atoms with E-state index in [1.807, 2.05) is 13.1 Å². The topological polar surface area (TPSA) is 48.2 Å². The molecule has 0 unspecified atom stereocenters. The molecule has 0 aliphatic heterocycles. The van der Waals surface area contributed by atoms with Crippen molar-refractivity contribution in [3.63, 3.8) is 0 Å². The summed E-state index contributed by atoms with van der Waals surface area (Å²) in [5.41, 5.74) is 0. The number of rotatable bonds is 2. The van der Waals surface area contributed by atoms with Crippen LogP contribution in [0.4, 0.5) is 0 Å². The van der Waals surface area contributed by atoms with Crippen LogP contribution in [-0.2, 0) is 0 Å². The summed E-state index contributed by atoms with van der Waals surface area (Å²) in [6, 6.07) is 0.358. The van der Waals surface area contributed by atoms with E-state index in [-0.39, 0.29) is 0 Å². The Morgan fingerprint density at radius 3 is 2.64 bits per heavy atom. The fourth-order valence-electron chi connectivity index (χ4n) is 2.14. The van der Waals surface area contributed by atoms with Crippen LogP contribution < -0.4 is 5.32 Å². The Hall–Kier alpha value is -1.04. The van der Waals surface area contributed by atoms with Crippen molar-refractivity contribution in [1.29, 1.82) is 5.26 Å². The minimum absolute atomic E-state index is 0.358. The van der Waals surface area contributed by atoms with Crippen LogP contribution in [-0.4, -0.2) is 11.9 Å². The Morgan fingerprint density at radius 1 is 1.43 bits per heavy atom. The first-order valence-electron chi connectivity index (χ1n) is 5.43. The van der Waals surface area contributed by atoms with Crippen molar-refractivity contribution in [3.05, 3.63) is 0 Å². The molecule has 0 bridgehead atoms. The number of amidine groups is 1. The van der Waals surface area contributed by atoms with Gasteiger partial charge in [0.1, 0.15) is 5.84 Å². The molecule has 1 saturated carbocycles. The normalized spacial score (nSPS) is 21.4. The zero-order chi connectivity index (χ0) is 10.4. The molecule has 0 spiro atoms. The van der Waals surface area contributed by atoms with Crippen molar-refractivity contribution in [2.24, 2.45) is 10.9 Å². The van der Waals surface area contributed by atoms with Gasteiger partial charge in [-0.2, -0.15) is 5.26 Å². The van der Waals surface area contributed by atoms with E-state index in [0.717, 1.165) is 11.8 Å². The third kappa shape index (κ3) is 3.37. The average Bonchev–Trinajstić information content (AvgIpc) is 2.19. The number of hydrogen-bond donors (Lipinski definition) is 1. The molecule has 1 atom stereocenters. The molecule has 1 N–H and O–H groups in total. The molecule has 0 aromatic rings. The van der Waals surface area contributed by atoms with Crippen LogP contribution in [0, 0.1) is 17.4 Å². The highest BCUT2D eigenvalue weighted by molar-refractivity contribution is 5.80. The Kier molecular flexibility index (Phi) is 4.45. The van der Waals surface area contributed by atoms with Gasteiger partial charge < -0.3 is 0 Å². The summed E-state index contributed by atoms with van der Waals surface area (Å²) < 4.78 is 0. The molecule has 78 valence electrons. The Labute approximate surface area is 86.2 Å². The van der Waals surface area contributed by atoms with Crippen molar-refractivity contribution in [2.75, 3.05) is 0 Å². The van der Waals surface area contributed by atoms with Gasteiger partial charge >= 0.3 is 0 Å². The summed E-state index contributed by atoms with van der Waals surface area (Å²) in [7, 11) is 0. The molecule has 3 heteroatoms. The number of aliphatic imine (C=N–C) groups is 1. The molecule has 0 heterocycles. The molecular weight excluding hydrogens is 174 g/mol. The average molecular weight is 193 g/mol. The predicted octanol–water partition coefficient (Wildman–Crippen LogP) is 2.44. The van der Waals surface area contributed by atoms with Gasteiger partial charge in [-0.05, 0) is 32.6 Å². The van der Waals surface area contributed by atoms with Gasteiger partial charge in [0.15, 0.2) is 6.19 Å². The van der Waals surface area contributed by atoms with E-state index in [2.05, 4.69) is 17.2 Å². The second-order valence-electron chi connectivity index (χ2n) is 4.09. The van der Waals surface area contributed by atoms with Crippen LogP contribution >= 0.6 is 0 Å². The lowest BCUT2D eigenvalue weighted by Crippen LogP contribution is -2.23. The molecule has 1 fully saturated rings. The summed E-state index contributed by atoms with van der Waals surface area (Å²) in [5, 5.41) is 11.0. The Balaban J connectivity index is 2.43. The third-order valence-electron chi connectivity index (χ3n) is 2.97. The van der Waals surface area contributed by atoms with Crippen LogP contribution in [0.25, 0.3) is 0 Å². The number of nitrogens with one attached hydrogen (secondary N) is 1. The molecule has 14 heavy (non-hydrogen) atoms. The van der Waals surface area contributed by atoms with E-state index in [4.69, 9.17) is 5.26 Å². The first-order valence-corrected chi connectivity index (χ1v) is 5.43. The van der Waals surface area contributed by atoms with Crippen molar-refractivity contribution in [2.45, 2.75) is 52.0 Å². The van der Waals surface area contributed by atoms with Gasteiger partial charge in [-0.1, -0.05) is 19.3 Å². The highest BCUT2D eigenvalue weighted by Crippen LogP contribution is 2.27. The van der Waals surface area contributed by atoms with E-state index >= 15 is 0 Å². The van der Waals surface area contributed by atoms with Crippen LogP contribution in [0.1, 0.15) is 46.0 Å². The van der Waals surface area contributed by atoms with E-state index in [0.29, 0.717) is 6.04 Å². The predicted molar refractivity (Wildman–Crippen MR) is 57.9 cm³/mol. The van der Waals surface area contributed by atoms with E-state index in [1.165, 1.54) is 32.1 Å². The lowest BCUT2D eigenvalue weighted by atomic mass is 9.85. The van der Waals surface area contributed by atoms with E-state index < -0.39 is 0 Å². The van der Waals surface area contributed by atoms with Crippen LogP contribution in [0.5, 0.6) is 0 Å². The number of hydrogen-bond acceptors (Lipinski definition) is 2. The molecule has 0 saturated heterocycles. The van der Waals surface area contributed by atoms with Crippen molar-refractivity contribution >= 4 is 5.84 Å². The summed E-state index contributed by atoms with van der Waals surface area (Å²) in [4.78, 5) is 4.47. The molecule has 0 radical (unpaired) electrons. The smallest absolute Gasteiger partial charge is 0.182 e. The van der Waals surface area contributed by atoms with Crippen molar-refractivity contribution in [1.82, 2.24) is 5.32 Å². The molecule has 3 nitrogen and oxygen atoms in total. The second-order valence-corrected chi connectivity index (χ2v) is 4.09. The zero-order valence-electron chi connectivity index (χ0n) is 9.08. The van der Waals surface area contributed by atoms with Gasteiger partial charge in [0, 0.05) is 0 Å². The quantitative estimate of drug-likeness (QED) is 0.317. The van der Waals surface area contributed by atoms with E-state index in [9.17, 15) is 0 Å². The maximum Gasteiger partial charge on any atom is 0.182 e. The fraction of sp³-hybridized carbons (Fsp3) is 0.818. The largest absolute Gasteiger partial charge is 0.281 e. The van der Waals surface area contributed by atoms with Crippen LogP contribution in [0.15, 0.2) is 4.99 Å². The minimum Gasteiger partial charge on any atom is -0.281 e. The SMILES string of the molecule is CC(=N[C@H](C)C1CCCCC1)NC#N. The van der Waals surface area contributed by atoms with Crippen molar-refractivity contribution in [3.8, 4) is 6.19 Å². The maximum absolute atomic E-state index is 8.42. The number of nitrogens with zero attached hydrogens (tertiary/aromatic N) is 2. The van der Waals surface area contributed by atoms with Gasteiger partial charge in [0.25, 0.3) is 0 Å². The third-order valence-corrected chi connectivity index (χ3v) is 2.97. The first kappa shape index (κ1) is 11.0. The Morgan fingerprint density at radius 2 is 2.07 bits per heavy atom. The van der Waals surface area contributed by atoms with Gasteiger partial charge in [0.2, 0.25) is 0 Å². The van der Waals surface area contributed by atoms with Crippen LogP contribution in [0.2, 0.25) is 0 Å². The highest BCUT2D eigenvalue weighted by atomic mass is 15.0. The minimum atomic E-state index is 0.358. The second kappa shape index (κ2) is 5.64. The molecule has 0 aromatic heterocycles. The van der Waals surface area contributed by atoms with E-state index in [1.54, 1.807) is 0 Å². The maximum atomic E-state index is 8.42. The summed E-state index contributed by atoms with van der Waals surface area (Å²) in [6.07, 6.45) is 8.55. The molecule has 1 aliphatic carbocycles. The first-order chi connectivity index (χ1) is 6.74. The molecule has 1 aliphatic rings. The molecule has 0 amide bonds. The van der Waals surface area contributed by atoms with Gasteiger partial charge in [-0.15, -0.1) is 0 Å². The summed E-state index contributed by atoms with van der Waals surface area (Å²) >= 11 is 0. The molecular formula is C11H19N3. The standard InChI is InChI=1S/C11H19N3/c1-9(14-10(2)13-8-12)11-6-4-3-5-7-11/h9,11H,3-7H2,1-2H3,(H,13,14)/t9-/m1/s1. The summed E-state index contributed by atoms with van der Waals surface area (Å²) in [6.45, 7) is 4.00. The fourth-order valence-corrected chi connectivity index (χ4v) is 2.14. The Bertz CT molecular complexity index is 233. The van der Waals surface area contributed by atoms with Gasteiger partial charge in [0.05, 0.1) is 6.04 Å².